The van der Waals surface area contributed by atoms with Crippen molar-refractivity contribution in [3.8, 4) is 10.7 Å². The Bertz CT molecular complexity index is 861. The van der Waals surface area contributed by atoms with Crippen LogP contribution in [0.3, 0.4) is 0 Å². The average molecular weight is 423 g/mol. The van der Waals surface area contributed by atoms with E-state index in [1.807, 2.05) is 54.3 Å². The summed E-state index contributed by atoms with van der Waals surface area (Å²) in [4.78, 5) is 13.2. The highest BCUT2D eigenvalue weighted by molar-refractivity contribution is 9.10. The first kappa shape index (κ1) is 17.2. The predicted molar refractivity (Wildman–Crippen MR) is 103 cm³/mol. The van der Waals surface area contributed by atoms with Gasteiger partial charge < -0.3 is 9.88 Å². The molecular weight excluding hydrogens is 408 g/mol. The van der Waals surface area contributed by atoms with Crippen LogP contribution >= 0.6 is 39.0 Å². The number of aromatic nitrogens is 3. The van der Waals surface area contributed by atoms with Gasteiger partial charge in [-0.3, -0.25) is 4.79 Å². The fraction of sp³-hybridized carbons (Fsp3) is 0.188. The number of nitrogens with zero attached hydrogens (tertiary/aromatic N) is 3. The van der Waals surface area contributed by atoms with Crippen molar-refractivity contribution in [3.05, 3.63) is 45.7 Å². The van der Waals surface area contributed by atoms with E-state index in [9.17, 15) is 4.79 Å². The van der Waals surface area contributed by atoms with Gasteiger partial charge in [0.05, 0.1) is 16.3 Å². The van der Waals surface area contributed by atoms with E-state index in [-0.39, 0.29) is 11.7 Å². The Balaban J connectivity index is 1.62. The monoisotopic (exact) mass is 422 g/mol. The summed E-state index contributed by atoms with van der Waals surface area (Å²) < 4.78 is 2.78. The van der Waals surface area contributed by atoms with Crippen molar-refractivity contribution < 1.29 is 4.79 Å². The van der Waals surface area contributed by atoms with Crippen molar-refractivity contribution in [2.24, 2.45) is 7.05 Å². The number of benzene rings is 1. The second-order valence-electron chi connectivity index (χ2n) is 5.16. The highest BCUT2D eigenvalue weighted by Gasteiger charge is 2.14. The van der Waals surface area contributed by atoms with Gasteiger partial charge in [-0.25, -0.2) is 0 Å². The van der Waals surface area contributed by atoms with Crippen LogP contribution in [0.25, 0.3) is 10.7 Å². The van der Waals surface area contributed by atoms with Crippen LogP contribution in [-0.2, 0) is 11.8 Å². The summed E-state index contributed by atoms with van der Waals surface area (Å²) in [6.45, 7) is 2.01. The van der Waals surface area contributed by atoms with Gasteiger partial charge in [0.1, 0.15) is 0 Å². The third-order valence-electron chi connectivity index (χ3n) is 3.31. The third-order valence-corrected chi connectivity index (χ3v) is 5.85. The highest BCUT2D eigenvalue weighted by Crippen LogP contribution is 2.27. The fourth-order valence-electron chi connectivity index (χ4n) is 2.10. The summed E-state index contributed by atoms with van der Waals surface area (Å²) in [6.07, 6.45) is 0. The van der Waals surface area contributed by atoms with E-state index in [1.54, 1.807) is 11.3 Å². The first-order valence-corrected chi connectivity index (χ1v) is 9.82. The molecule has 0 aliphatic rings. The summed E-state index contributed by atoms with van der Waals surface area (Å²) in [5.41, 5.74) is 1.90. The van der Waals surface area contributed by atoms with Gasteiger partial charge in [0, 0.05) is 11.5 Å². The number of hydrogen-bond donors (Lipinski definition) is 1. The lowest BCUT2D eigenvalue weighted by atomic mass is 10.2. The lowest BCUT2D eigenvalue weighted by Gasteiger charge is -2.08. The summed E-state index contributed by atoms with van der Waals surface area (Å²) in [6, 6.07) is 9.81. The van der Waals surface area contributed by atoms with Crippen molar-refractivity contribution in [3.63, 3.8) is 0 Å². The Kier molecular flexibility index (Phi) is 5.37. The SMILES string of the molecule is Cc1ccc(NC(=O)CSc2nnc(-c3cccs3)n2C)c(Br)c1. The number of thioether (sulfide) groups is 1. The zero-order valence-corrected chi connectivity index (χ0v) is 16.3. The minimum atomic E-state index is -0.0785. The van der Waals surface area contributed by atoms with E-state index in [0.29, 0.717) is 0 Å². The Morgan fingerprint density at radius 2 is 2.21 bits per heavy atom. The molecule has 2 aromatic heterocycles. The molecule has 2 heterocycles. The lowest BCUT2D eigenvalue weighted by molar-refractivity contribution is -0.113. The van der Waals surface area contributed by atoms with Crippen LogP contribution in [0.4, 0.5) is 5.69 Å². The molecule has 0 spiro atoms. The Morgan fingerprint density at radius 1 is 1.38 bits per heavy atom. The molecule has 0 radical (unpaired) electrons. The van der Waals surface area contributed by atoms with Crippen LogP contribution in [-0.4, -0.2) is 26.4 Å². The summed E-state index contributed by atoms with van der Waals surface area (Å²) >= 11 is 6.45. The molecule has 8 heteroatoms. The maximum absolute atomic E-state index is 12.2. The Labute approximate surface area is 156 Å². The van der Waals surface area contributed by atoms with Crippen molar-refractivity contribution in [1.29, 1.82) is 0 Å². The molecule has 0 fully saturated rings. The number of aryl methyl sites for hydroxylation is 1. The van der Waals surface area contributed by atoms with E-state index >= 15 is 0 Å². The summed E-state index contributed by atoms with van der Waals surface area (Å²) in [7, 11) is 1.91. The first-order valence-electron chi connectivity index (χ1n) is 7.16. The average Bonchev–Trinajstić information content (AvgIpc) is 3.18. The Hall–Kier alpha value is -1.64. The number of hydrogen-bond acceptors (Lipinski definition) is 5. The largest absolute Gasteiger partial charge is 0.324 e. The van der Waals surface area contributed by atoms with E-state index in [0.717, 1.165) is 31.6 Å². The second kappa shape index (κ2) is 7.50. The molecule has 0 aliphatic carbocycles. The van der Waals surface area contributed by atoms with Crippen LogP contribution in [0.5, 0.6) is 0 Å². The number of carbonyl (C=O) groups is 1. The number of amides is 1. The molecule has 24 heavy (non-hydrogen) atoms. The van der Waals surface area contributed by atoms with Crippen molar-refractivity contribution >= 4 is 50.6 Å². The molecule has 0 unspecified atom stereocenters. The minimum absolute atomic E-state index is 0.0785. The van der Waals surface area contributed by atoms with Gasteiger partial charge in [0.25, 0.3) is 0 Å². The van der Waals surface area contributed by atoms with Gasteiger partial charge in [0.15, 0.2) is 11.0 Å². The van der Waals surface area contributed by atoms with Crippen LogP contribution in [0.15, 0.2) is 45.3 Å². The van der Waals surface area contributed by atoms with Gasteiger partial charge >= 0.3 is 0 Å². The van der Waals surface area contributed by atoms with Crippen molar-refractivity contribution in [2.45, 2.75) is 12.1 Å². The van der Waals surface area contributed by atoms with E-state index < -0.39 is 0 Å². The lowest BCUT2D eigenvalue weighted by Crippen LogP contribution is -2.14. The van der Waals surface area contributed by atoms with Gasteiger partial charge in [0.2, 0.25) is 5.91 Å². The topological polar surface area (TPSA) is 59.8 Å². The molecule has 0 aliphatic heterocycles. The highest BCUT2D eigenvalue weighted by atomic mass is 79.9. The molecule has 1 aromatic carbocycles. The molecule has 124 valence electrons. The molecular formula is C16H15BrN4OS2. The molecule has 1 amide bonds. The third kappa shape index (κ3) is 3.88. The number of anilines is 1. The predicted octanol–water partition coefficient (Wildman–Crippen LogP) is 4.35. The second-order valence-corrected chi connectivity index (χ2v) is 7.91. The maximum Gasteiger partial charge on any atom is 0.234 e. The van der Waals surface area contributed by atoms with Crippen LogP contribution in [0.1, 0.15) is 5.56 Å². The number of nitrogens with one attached hydrogen (secondary N) is 1. The maximum atomic E-state index is 12.2. The smallest absolute Gasteiger partial charge is 0.234 e. The standard InChI is InChI=1S/C16H15BrN4OS2/c1-10-5-6-12(11(17)8-10)18-14(22)9-24-16-20-19-15(21(16)2)13-4-3-7-23-13/h3-8H,9H2,1-2H3,(H,18,22). The number of carbonyl (C=O) groups excluding carboxylic acids is 1. The van der Waals surface area contributed by atoms with E-state index in [1.165, 1.54) is 11.8 Å². The minimum Gasteiger partial charge on any atom is -0.324 e. The van der Waals surface area contributed by atoms with Crippen molar-refractivity contribution in [1.82, 2.24) is 14.8 Å². The molecule has 0 saturated heterocycles. The summed E-state index contributed by atoms with van der Waals surface area (Å²) in [5, 5.41) is 14.0. The normalized spacial score (nSPS) is 10.8. The van der Waals surface area contributed by atoms with Gasteiger partial charge in [-0.2, -0.15) is 0 Å². The van der Waals surface area contributed by atoms with E-state index in [2.05, 4.69) is 31.4 Å². The molecule has 5 nitrogen and oxygen atoms in total. The fourth-order valence-corrected chi connectivity index (χ4v) is 4.15. The van der Waals surface area contributed by atoms with Gasteiger partial charge in [-0.05, 0) is 52.0 Å². The molecule has 3 aromatic rings. The molecule has 0 bridgehead atoms. The molecule has 0 saturated carbocycles. The Morgan fingerprint density at radius 3 is 2.92 bits per heavy atom. The number of rotatable bonds is 5. The summed E-state index contributed by atoms with van der Waals surface area (Å²) in [5.74, 6) is 1.01. The first-order chi connectivity index (χ1) is 11.5. The zero-order chi connectivity index (χ0) is 17.1. The van der Waals surface area contributed by atoms with Crippen LogP contribution < -0.4 is 5.32 Å². The number of thiophene rings is 1. The molecule has 0 atom stereocenters. The van der Waals surface area contributed by atoms with Gasteiger partial charge in [-0.15, -0.1) is 21.5 Å². The van der Waals surface area contributed by atoms with Crippen LogP contribution in [0, 0.1) is 6.92 Å². The molecule has 3 rings (SSSR count). The van der Waals surface area contributed by atoms with Crippen molar-refractivity contribution in [2.75, 3.05) is 11.1 Å². The quantitative estimate of drug-likeness (QED) is 0.620. The number of halogens is 1. The van der Waals surface area contributed by atoms with Crippen LogP contribution in [0.2, 0.25) is 0 Å². The zero-order valence-electron chi connectivity index (χ0n) is 13.1. The van der Waals surface area contributed by atoms with Gasteiger partial charge in [-0.1, -0.05) is 23.9 Å². The van der Waals surface area contributed by atoms with E-state index in [4.69, 9.17) is 0 Å². The molecule has 1 N–H and O–H groups in total.